The van der Waals surface area contributed by atoms with Crippen LogP contribution in [0.15, 0.2) is 16.6 Å². The van der Waals surface area contributed by atoms with Gasteiger partial charge in [0.2, 0.25) is 0 Å². The van der Waals surface area contributed by atoms with Crippen LogP contribution in [0.5, 0.6) is 5.75 Å². The number of carbonyl (C=O) groups is 1. The van der Waals surface area contributed by atoms with Gasteiger partial charge in [-0.25, -0.2) is 0 Å². The number of carbonyl (C=O) groups excluding carboxylic acids is 1. The topological polar surface area (TPSA) is 61.5 Å². The van der Waals surface area contributed by atoms with E-state index >= 15 is 0 Å². The Bertz CT molecular complexity index is 393. The van der Waals surface area contributed by atoms with Gasteiger partial charge in [-0.1, -0.05) is 0 Å². The van der Waals surface area contributed by atoms with Crippen LogP contribution in [-0.2, 0) is 16.0 Å². The zero-order chi connectivity index (χ0) is 12.1. The molecule has 0 aliphatic heterocycles. The number of hydrogen-bond donors (Lipinski definition) is 1. The molecule has 4 nitrogen and oxygen atoms in total. The van der Waals surface area contributed by atoms with Gasteiger partial charge < -0.3 is 15.2 Å². The fourth-order valence-electron chi connectivity index (χ4n) is 1.31. The largest absolute Gasteiger partial charge is 0.496 e. The summed E-state index contributed by atoms with van der Waals surface area (Å²) in [6, 6.07) is 3.45. The smallest absolute Gasteiger partial charge is 0.310 e. The van der Waals surface area contributed by atoms with Gasteiger partial charge in [0.05, 0.1) is 24.6 Å². The summed E-state index contributed by atoms with van der Waals surface area (Å²) in [6.45, 7) is 2.13. The molecule has 0 spiro atoms. The lowest BCUT2D eigenvalue weighted by Crippen LogP contribution is -2.10. The zero-order valence-corrected chi connectivity index (χ0v) is 10.8. The first-order valence-corrected chi connectivity index (χ1v) is 5.65. The van der Waals surface area contributed by atoms with Crippen molar-refractivity contribution in [1.29, 1.82) is 0 Å². The van der Waals surface area contributed by atoms with E-state index in [-0.39, 0.29) is 12.4 Å². The average Bonchev–Trinajstić information content (AvgIpc) is 2.25. The summed E-state index contributed by atoms with van der Waals surface area (Å²) in [5.74, 6) is 0.344. The van der Waals surface area contributed by atoms with E-state index in [1.54, 1.807) is 26.2 Å². The highest BCUT2D eigenvalue weighted by Crippen LogP contribution is 2.32. The third-order valence-electron chi connectivity index (χ3n) is 2.09. The Morgan fingerprint density at radius 2 is 2.19 bits per heavy atom. The van der Waals surface area contributed by atoms with Gasteiger partial charge in [-0.15, -0.1) is 0 Å². The maximum atomic E-state index is 11.4. The van der Waals surface area contributed by atoms with Crippen LogP contribution < -0.4 is 10.5 Å². The van der Waals surface area contributed by atoms with Crippen LogP contribution in [0.3, 0.4) is 0 Å². The fourth-order valence-corrected chi connectivity index (χ4v) is 1.97. The Morgan fingerprint density at radius 3 is 2.75 bits per heavy atom. The second kappa shape index (κ2) is 5.75. The van der Waals surface area contributed by atoms with Crippen LogP contribution >= 0.6 is 15.9 Å². The summed E-state index contributed by atoms with van der Waals surface area (Å²) in [7, 11) is 1.56. The van der Waals surface area contributed by atoms with Crippen LogP contribution in [0.1, 0.15) is 12.5 Å². The summed E-state index contributed by atoms with van der Waals surface area (Å²) < 4.78 is 10.7. The second-order valence-corrected chi connectivity index (χ2v) is 3.92. The zero-order valence-electron chi connectivity index (χ0n) is 9.25. The molecule has 0 heterocycles. The first-order chi connectivity index (χ1) is 7.60. The van der Waals surface area contributed by atoms with Gasteiger partial charge in [0.15, 0.2) is 0 Å². The van der Waals surface area contributed by atoms with Crippen LogP contribution in [0, 0.1) is 0 Å². The minimum atomic E-state index is -0.303. The molecule has 0 saturated carbocycles. The Hall–Kier alpha value is -1.23. The molecule has 0 saturated heterocycles. The summed E-state index contributed by atoms with van der Waals surface area (Å²) in [5, 5.41) is 0. The molecule has 2 N–H and O–H groups in total. The number of rotatable bonds is 4. The predicted octanol–water partition coefficient (Wildman–Crippen LogP) is 2.15. The van der Waals surface area contributed by atoms with Crippen LogP contribution in [0.25, 0.3) is 0 Å². The molecule has 0 amide bonds. The van der Waals surface area contributed by atoms with Gasteiger partial charge in [-0.05, 0) is 35.0 Å². The molecule has 5 heteroatoms. The van der Waals surface area contributed by atoms with Crippen LogP contribution in [-0.4, -0.2) is 19.7 Å². The van der Waals surface area contributed by atoms with Crippen LogP contribution in [0.4, 0.5) is 5.69 Å². The molecule has 0 aliphatic carbocycles. The minimum Gasteiger partial charge on any atom is -0.496 e. The lowest BCUT2D eigenvalue weighted by Gasteiger charge is -2.11. The minimum absolute atomic E-state index is 0.136. The highest BCUT2D eigenvalue weighted by atomic mass is 79.9. The number of benzene rings is 1. The van der Waals surface area contributed by atoms with Crippen molar-refractivity contribution >= 4 is 27.6 Å². The molecule has 88 valence electrons. The summed E-state index contributed by atoms with van der Waals surface area (Å²) >= 11 is 3.36. The molecule has 0 aliphatic rings. The number of hydrogen-bond acceptors (Lipinski definition) is 4. The van der Waals surface area contributed by atoms with Crippen molar-refractivity contribution in [2.75, 3.05) is 19.5 Å². The van der Waals surface area contributed by atoms with Gasteiger partial charge >= 0.3 is 5.97 Å². The normalized spacial score (nSPS) is 9.94. The lowest BCUT2D eigenvalue weighted by atomic mass is 10.1. The molecule has 1 aromatic carbocycles. The predicted molar refractivity (Wildman–Crippen MR) is 65.4 cm³/mol. The number of halogens is 1. The van der Waals surface area contributed by atoms with E-state index < -0.39 is 0 Å². The molecule has 16 heavy (non-hydrogen) atoms. The number of anilines is 1. The van der Waals surface area contributed by atoms with Crippen molar-refractivity contribution in [3.63, 3.8) is 0 Å². The first-order valence-electron chi connectivity index (χ1n) is 4.86. The van der Waals surface area contributed by atoms with E-state index in [9.17, 15) is 4.79 Å². The Labute approximate surface area is 103 Å². The lowest BCUT2D eigenvalue weighted by molar-refractivity contribution is -0.142. The summed E-state index contributed by atoms with van der Waals surface area (Å²) in [5.41, 5.74) is 7.03. The maximum absolute atomic E-state index is 11.4. The van der Waals surface area contributed by atoms with E-state index in [1.165, 1.54) is 0 Å². The van der Waals surface area contributed by atoms with Gasteiger partial charge in [0.25, 0.3) is 0 Å². The molecule has 1 aromatic rings. The number of methoxy groups -OCH3 is 1. The first kappa shape index (κ1) is 12.8. The number of nitrogen functional groups attached to an aromatic ring is 1. The monoisotopic (exact) mass is 287 g/mol. The van der Waals surface area contributed by atoms with E-state index in [0.717, 1.165) is 0 Å². The third-order valence-corrected chi connectivity index (χ3v) is 2.96. The van der Waals surface area contributed by atoms with Crippen molar-refractivity contribution in [3.05, 3.63) is 22.2 Å². The molecule has 0 bridgehead atoms. The van der Waals surface area contributed by atoms with Gasteiger partial charge in [-0.2, -0.15) is 0 Å². The van der Waals surface area contributed by atoms with Crippen molar-refractivity contribution in [2.45, 2.75) is 13.3 Å². The fraction of sp³-hybridized carbons (Fsp3) is 0.364. The SMILES string of the molecule is CCOC(=O)Cc1c(N)ccc(OC)c1Br. The van der Waals surface area contributed by atoms with E-state index in [2.05, 4.69) is 15.9 Å². The highest BCUT2D eigenvalue weighted by molar-refractivity contribution is 9.10. The molecule has 0 fully saturated rings. The standard InChI is InChI=1S/C11H14BrNO3/c1-3-16-10(14)6-7-8(13)4-5-9(15-2)11(7)12/h4-5H,3,6,13H2,1-2H3. The molecular formula is C11H14BrNO3. The van der Waals surface area contributed by atoms with Crippen molar-refractivity contribution in [3.8, 4) is 5.75 Å². The highest BCUT2D eigenvalue weighted by Gasteiger charge is 2.14. The van der Waals surface area contributed by atoms with Crippen molar-refractivity contribution in [1.82, 2.24) is 0 Å². The molecule has 1 rings (SSSR count). The molecule has 0 radical (unpaired) electrons. The maximum Gasteiger partial charge on any atom is 0.310 e. The van der Waals surface area contributed by atoms with Crippen LogP contribution in [0.2, 0.25) is 0 Å². The van der Waals surface area contributed by atoms with Crippen molar-refractivity contribution < 1.29 is 14.3 Å². The van der Waals surface area contributed by atoms with E-state index in [1.807, 2.05) is 0 Å². The Morgan fingerprint density at radius 1 is 1.50 bits per heavy atom. The molecule has 0 aromatic heterocycles. The Balaban J connectivity index is 2.98. The van der Waals surface area contributed by atoms with Crippen molar-refractivity contribution in [2.24, 2.45) is 0 Å². The molecule has 0 atom stereocenters. The van der Waals surface area contributed by atoms with Gasteiger partial charge in [0, 0.05) is 11.3 Å². The van der Waals surface area contributed by atoms with Gasteiger partial charge in [0.1, 0.15) is 5.75 Å². The Kier molecular flexibility index (Phi) is 4.61. The molecule has 0 unspecified atom stereocenters. The average molecular weight is 288 g/mol. The summed E-state index contributed by atoms with van der Waals surface area (Å²) in [6.07, 6.45) is 0.136. The third kappa shape index (κ3) is 2.88. The number of ether oxygens (including phenoxy) is 2. The quantitative estimate of drug-likeness (QED) is 0.681. The summed E-state index contributed by atoms with van der Waals surface area (Å²) in [4.78, 5) is 11.4. The molecular weight excluding hydrogens is 274 g/mol. The van der Waals surface area contributed by atoms with E-state index in [4.69, 9.17) is 15.2 Å². The number of esters is 1. The van der Waals surface area contributed by atoms with Gasteiger partial charge in [-0.3, -0.25) is 4.79 Å². The number of nitrogens with two attached hydrogens (primary N) is 1. The second-order valence-electron chi connectivity index (χ2n) is 3.13. The van der Waals surface area contributed by atoms with E-state index in [0.29, 0.717) is 28.1 Å².